The van der Waals surface area contributed by atoms with Crippen LogP contribution in [0.2, 0.25) is 0 Å². The van der Waals surface area contributed by atoms with Gasteiger partial charge in [-0.25, -0.2) is 4.79 Å². The summed E-state index contributed by atoms with van der Waals surface area (Å²) in [7, 11) is 1.65. The van der Waals surface area contributed by atoms with Crippen molar-refractivity contribution < 1.29 is 28.5 Å². The van der Waals surface area contributed by atoms with E-state index in [4.69, 9.17) is 18.9 Å². The number of carbonyl (C=O) groups is 2. The van der Waals surface area contributed by atoms with Gasteiger partial charge in [0.1, 0.15) is 24.6 Å². The SMILES string of the molecule is COCCCc1cc(NC(=O)OC(C)(C)C)ccc1OCCOC(C)=O. The molecule has 0 heterocycles. The molecule has 0 spiro atoms. The molecule has 0 atom stereocenters. The summed E-state index contributed by atoms with van der Waals surface area (Å²) in [5.74, 6) is 0.342. The van der Waals surface area contributed by atoms with Crippen LogP contribution < -0.4 is 10.1 Å². The Balaban J connectivity index is 2.76. The summed E-state index contributed by atoms with van der Waals surface area (Å²) in [4.78, 5) is 22.7. The summed E-state index contributed by atoms with van der Waals surface area (Å²) in [6, 6.07) is 5.37. The number of esters is 1. The molecule has 1 N–H and O–H groups in total. The van der Waals surface area contributed by atoms with E-state index < -0.39 is 11.7 Å². The molecular weight excluding hydrogens is 338 g/mol. The summed E-state index contributed by atoms with van der Waals surface area (Å²) < 4.78 is 20.9. The van der Waals surface area contributed by atoms with Gasteiger partial charge < -0.3 is 18.9 Å². The molecule has 7 nitrogen and oxygen atoms in total. The topological polar surface area (TPSA) is 83.1 Å². The van der Waals surface area contributed by atoms with E-state index in [1.807, 2.05) is 26.8 Å². The van der Waals surface area contributed by atoms with Crippen LogP contribution in [0.4, 0.5) is 10.5 Å². The Labute approximate surface area is 155 Å². The van der Waals surface area contributed by atoms with E-state index >= 15 is 0 Å². The number of carbonyl (C=O) groups excluding carboxylic acids is 2. The van der Waals surface area contributed by atoms with Gasteiger partial charge in [-0.1, -0.05) is 0 Å². The predicted molar refractivity (Wildman–Crippen MR) is 98.6 cm³/mol. The van der Waals surface area contributed by atoms with Crippen LogP contribution >= 0.6 is 0 Å². The molecular formula is C19H29NO6. The average molecular weight is 367 g/mol. The summed E-state index contributed by atoms with van der Waals surface area (Å²) in [5, 5.41) is 2.72. The summed E-state index contributed by atoms with van der Waals surface area (Å²) in [5.41, 5.74) is 0.989. The van der Waals surface area contributed by atoms with Crippen molar-refractivity contribution >= 4 is 17.7 Å². The Morgan fingerprint density at radius 2 is 1.85 bits per heavy atom. The Kier molecular flexibility index (Phi) is 8.92. The molecule has 1 aromatic carbocycles. The molecule has 0 aliphatic carbocycles. The van der Waals surface area contributed by atoms with Gasteiger partial charge in [-0.15, -0.1) is 0 Å². The minimum absolute atomic E-state index is 0.185. The van der Waals surface area contributed by atoms with Crippen LogP contribution in [0.15, 0.2) is 18.2 Å². The first-order valence-corrected chi connectivity index (χ1v) is 8.59. The van der Waals surface area contributed by atoms with Crippen molar-refractivity contribution in [1.82, 2.24) is 0 Å². The number of hydrogen-bond donors (Lipinski definition) is 1. The summed E-state index contributed by atoms with van der Waals surface area (Å²) >= 11 is 0. The van der Waals surface area contributed by atoms with Crippen LogP contribution in [0, 0.1) is 0 Å². The van der Waals surface area contributed by atoms with E-state index in [1.165, 1.54) is 6.92 Å². The standard InChI is InChI=1S/C19H29NO6/c1-14(21)24-11-12-25-17-9-8-16(13-15(17)7-6-10-23-5)20-18(22)26-19(2,3)4/h8-9,13H,6-7,10-12H2,1-5H3,(H,20,22). The van der Waals surface area contributed by atoms with Crippen molar-refractivity contribution in [2.45, 2.75) is 46.1 Å². The average Bonchev–Trinajstić information content (AvgIpc) is 2.51. The number of ether oxygens (including phenoxy) is 4. The molecule has 0 saturated carbocycles. The number of hydrogen-bond acceptors (Lipinski definition) is 6. The molecule has 0 fully saturated rings. The lowest BCUT2D eigenvalue weighted by Crippen LogP contribution is -2.27. The molecule has 0 saturated heterocycles. The number of benzene rings is 1. The third-order valence-electron chi connectivity index (χ3n) is 3.15. The highest BCUT2D eigenvalue weighted by atomic mass is 16.6. The van der Waals surface area contributed by atoms with Gasteiger partial charge in [0.05, 0.1) is 0 Å². The molecule has 0 bridgehead atoms. The Morgan fingerprint density at radius 3 is 2.46 bits per heavy atom. The maximum atomic E-state index is 11.9. The molecule has 26 heavy (non-hydrogen) atoms. The van der Waals surface area contributed by atoms with E-state index in [0.717, 1.165) is 18.4 Å². The van der Waals surface area contributed by atoms with Crippen LogP contribution in [-0.4, -0.2) is 44.6 Å². The first kappa shape index (κ1) is 21.8. The molecule has 0 aliphatic rings. The lowest BCUT2D eigenvalue weighted by atomic mass is 10.1. The molecule has 0 aliphatic heterocycles. The zero-order valence-corrected chi connectivity index (χ0v) is 16.2. The monoisotopic (exact) mass is 367 g/mol. The van der Waals surface area contributed by atoms with E-state index in [2.05, 4.69) is 5.32 Å². The molecule has 146 valence electrons. The van der Waals surface area contributed by atoms with Gasteiger partial charge in [-0.05, 0) is 57.4 Å². The highest BCUT2D eigenvalue weighted by Crippen LogP contribution is 2.25. The minimum Gasteiger partial charge on any atom is -0.490 e. The molecule has 1 amide bonds. The van der Waals surface area contributed by atoms with Crippen LogP contribution in [0.5, 0.6) is 5.75 Å². The van der Waals surface area contributed by atoms with Gasteiger partial charge in [0.15, 0.2) is 0 Å². The van der Waals surface area contributed by atoms with Crippen LogP contribution in [-0.2, 0) is 25.4 Å². The lowest BCUT2D eigenvalue weighted by molar-refractivity contribution is -0.141. The molecule has 0 radical (unpaired) electrons. The quantitative estimate of drug-likeness (QED) is 0.531. The van der Waals surface area contributed by atoms with Crippen molar-refractivity contribution in [2.24, 2.45) is 0 Å². The molecule has 7 heteroatoms. The fraction of sp³-hybridized carbons (Fsp3) is 0.579. The van der Waals surface area contributed by atoms with E-state index in [-0.39, 0.29) is 19.2 Å². The van der Waals surface area contributed by atoms with Gasteiger partial charge in [0, 0.05) is 26.3 Å². The van der Waals surface area contributed by atoms with E-state index in [9.17, 15) is 9.59 Å². The fourth-order valence-corrected chi connectivity index (χ4v) is 2.16. The van der Waals surface area contributed by atoms with Crippen molar-refractivity contribution in [3.63, 3.8) is 0 Å². The third-order valence-corrected chi connectivity index (χ3v) is 3.15. The van der Waals surface area contributed by atoms with Crippen molar-refractivity contribution in [2.75, 3.05) is 32.2 Å². The Bertz CT molecular complexity index is 594. The van der Waals surface area contributed by atoms with Crippen molar-refractivity contribution in [3.8, 4) is 5.75 Å². The van der Waals surface area contributed by atoms with Crippen LogP contribution in [0.1, 0.15) is 39.7 Å². The number of nitrogens with one attached hydrogen (secondary N) is 1. The smallest absolute Gasteiger partial charge is 0.412 e. The first-order chi connectivity index (χ1) is 12.2. The zero-order chi connectivity index (χ0) is 19.6. The van der Waals surface area contributed by atoms with Gasteiger partial charge in [-0.2, -0.15) is 0 Å². The van der Waals surface area contributed by atoms with Gasteiger partial charge in [-0.3, -0.25) is 10.1 Å². The second-order valence-corrected chi connectivity index (χ2v) is 6.73. The van der Waals surface area contributed by atoms with Crippen LogP contribution in [0.25, 0.3) is 0 Å². The molecule has 0 aromatic heterocycles. The Morgan fingerprint density at radius 1 is 1.12 bits per heavy atom. The third kappa shape index (κ3) is 9.27. The number of anilines is 1. The molecule has 1 rings (SSSR count). The highest BCUT2D eigenvalue weighted by Gasteiger charge is 2.16. The van der Waals surface area contributed by atoms with Gasteiger partial charge in [0.2, 0.25) is 0 Å². The fourth-order valence-electron chi connectivity index (χ4n) is 2.16. The second kappa shape index (κ2) is 10.7. The number of rotatable bonds is 9. The predicted octanol–water partition coefficient (Wildman–Crippen LogP) is 3.55. The van der Waals surface area contributed by atoms with E-state index in [0.29, 0.717) is 18.0 Å². The van der Waals surface area contributed by atoms with E-state index in [1.54, 1.807) is 19.2 Å². The lowest BCUT2D eigenvalue weighted by Gasteiger charge is -2.20. The van der Waals surface area contributed by atoms with Crippen LogP contribution in [0.3, 0.4) is 0 Å². The number of aryl methyl sites for hydroxylation is 1. The molecule has 1 aromatic rings. The Hall–Kier alpha value is -2.28. The van der Waals surface area contributed by atoms with Crippen molar-refractivity contribution in [3.05, 3.63) is 23.8 Å². The number of amides is 1. The first-order valence-electron chi connectivity index (χ1n) is 8.59. The van der Waals surface area contributed by atoms with Gasteiger partial charge >= 0.3 is 12.1 Å². The minimum atomic E-state index is -0.564. The normalized spacial score (nSPS) is 11.0. The molecule has 0 unspecified atom stereocenters. The maximum absolute atomic E-state index is 11.9. The highest BCUT2D eigenvalue weighted by molar-refractivity contribution is 5.85. The number of methoxy groups -OCH3 is 1. The summed E-state index contributed by atoms with van der Waals surface area (Å²) in [6.45, 7) is 7.85. The van der Waals surface area contributed by atoms with Crippen molar-refractivity contribution in [1.29, 1.82) is 0 Å². The van der Waals surface area contributed by atoms with Gasteiger partial charge in [0.25, 0.3) is 0 Å². The maximum Gasteiger partial charge on any atom is 0.412 e. The zero-order valence-electron chi connectivity index (χ0n) is 16.2. The summed E-state index contributed by atoms with van der Waals surface area (Å²) in [6.07, 6.45) is 1.02. The second-order valence-electron chi connectivity index (χ2n) is 6.73. The largest absolute Gasteiger partial charge is 0.490 e.